The van der Waals surface area contributed by atoms with E-state index in [-0.39, 0.29) is 12.1 Å². The molecule has 5 heteroatoms. The number of carbonyl (C=O) groups is 1. The van der Waals surface area contributed by atoms with Crippen LogP contribution in [0.4, 0.5) is 4.79 Å². The van der Waals surface area contributed by atoms with E-state index in [1.54, 1.807) is 24.3 Å². The first-order chi connectivity index (χ1) is 8.83. The van der Waals surface area contributed by atoms with Crippen LogP contribution in [0.15, 0.2) is 24.5 Å². The number of amides is 1. The summed E-state index contributed by atoms with van der Waals surface area (Å²) in [6, 6.07) is 3.76. The second kappa shape index (κ2) is 6.52. The van der Waals surface area contributed by atoms with Gasteiger partial charge in [0.1, 0.15) is 5.60 Å². The van der Waals surface area contributed by atoms with Gasteiger partial charge in [-0.3, -0.25) is 4.98 Å². The Kier molecular flexibility index (Phi) is 5.30. The zero-order valence-electron chi connectivity index (χ0n) is 12.1. The molecule has 0 fully saturated rings. The van der Waals surface area contributed by atoms with Crippen molar-refractivity contribution in [1.29, 1.82) is 0 Å². The van der Waals surface area contributed by atoms with Crippen LogP contribution in [-0.2, 0) is 11.2 Å². The fraction of sp³-hybridized carbons (Fsp3) is 0.571. The van der Waals surface area contributed by atoms with Crippen LogP contribution in [-0.4, -0.2) is 41.2 Å². The molecule has 1 rings (SSSR count). The third kappa shape index (κ3) is 5.26. The molecule has 0 aromatic carbocycles. The Balaban J connectivity index is 2.66. The zero-order valence-corrected chi connectivity index (χ0v) is 12.1. The van der Waals surface area contributed by atoms with Gasteiger partial charge in [0.2, 0.25) is 0 Å². The number of likely N-dealkylation sites (N-methyl/N-ethyl adjacent to an activating group) is 1. The lowest BCUT2D eigenvalue weighted by Crippen LogP contribution is -2.45. The number of hydrogen-bond acceptors (Lipinski definition) is 4. The van der Waals surface area contributed by atoms with Crippen LogP contribution in [0, 0.1) is 0 Å². The molecule has 0 spiro atoms. The van der Waals surface area contributed by atoms with Crippen LogP contribution in [0.3, 0.4) is 0 Å². The Labute approximate surface area is 114 Å². The van der Waals surface area contributed by atoms with Gasteiger partial charge in [-0.2, -0.15) is 0 Å². The first kappa shape index (κ1) is 15.4. The van der Waals surface area contributed by atoms with Gasteiger partial charge in [0.05, 0.1) is 6.04 Å². The summed E-state index contributed by atoms with van der Waals surface area (Å²) in [5.41, 5.74) is 6.36. The molecule has 1 unspecified atom stereocenters. The summed E-state index contributed by atoms with van der Waals surface area (Å²) in [7, 11) is 1.72. The van der Waals surface area contributed by atoms with E-state index in [0.29, 0.717) is 13.0 Å². The lowest BCUT2D eigenvalue weighted by molar-refractivity contribution is 0.0228. The lowest BCUT2D eigenvalue weighted by Gasteiger charge is -2.30. The highest BCUT2D eigenvalue weighted by atomic mass is 16.6. The van der Waals surface area contributed by atoms with Gasteiger partial charge in [-0.15, -0.1) is 0 Å². The van der Waals surface area contributed by atoms with E-state index in [9.17, 15) is 4.79 Å². The highest BCUT2D eigenvalue weighted by Gasteiger charge is 2.24. The van der Waals surface area contributed by atoms with Gasteiger partial charge in [-0.05, 0) is 44.9 Å². The third-order valence-corrected chi connectivity index (χ3v) is 2.72. The fourth-order valence-corrected chi connectivity index (χ4v) is 1.65. The number of hydrogen-bond donors (Lipinski definition) is 1. The highest BCUT2D eigenvalue weighted by Crippen LogP contribution is 2.12. The number of rotatable bonds is 4. The monoisotopic (exact) mass is 265 g/mol. The molecule has 0 radical (unpaired) electrons. The van der Waals surface area contributed by atoms with Crippen molar-refractivity contribution in [3.05, 3.63) is 30.1 Å². The SMILES string of the molecule is CN(C(=O)OC(C)(C)C)C(CN)Cc1ccncc1. The first-order valence-electron chi connectivity index (χ1n) is 6.38. The average molecular weight is 265 g/mol. The molecule has 1 heterocycles. The summed E-state index contributed by atoms with van der Waals surface area (Å²) in [5.74, 6) is 0. The molecule has 0 aliphatic heterocycles. The summed E-state index contributed by atoms with van der Waals surface area (Å²) in [6.45, 7) is 5.93. The van der Waals surface area contributed by atoms with Crippen LogP contribution in [0.2, 0.25) is 0 Å². The molecule has 5 nitrogen and oxygen atoms in total. The Bertz CT molecular complexity index is 401. The van der Waals surface area contributed by atoms with Gasteiger partial charge < -0.3 is 15.4 Å². The molecular weight excluding hydrogens is 242 g/mol. The van der Waals surface area contributed by atoms with E-state index in [1.807, 2.05) is 32.9 Å². The predicted octanol–water partition coefficient (Wildman–Crippen LogP) is 1.82. The van der Waals surface area contributed by atoms with Crippen LogP contribution in [0.1, 0.15) is 26.3 Å². The molecule has 0 aliphatic rings. The maximum atomic E-state index is 12.0. The highest BCUT2D eigenvalue weighted by molar-refractivity contribution is 5.68. The van der Waals surface area contributed by atoms with Crippen LogP contribution in [0.5, 0.6) is 0 Å². The summed E-state index contributed by atoms with van der Waals surface area (Å²) in [4.78, 5) is 17.5. The first-order valence-corrected chi connectivity index (χ1v) is 6.38. The van der Waals surface area contributed by atoms with Crippen molar-refractivity contribution in [1.82, 2.24) is 9.88 Å². The number of ether oxygens (including phenoxy) is 1. The number of nitrogens with zero attached hydrogens (tertiary/aromatic N) is 2. The maximum Gasteiger partial charge on any atom is 0.410 e. The van der Waals surface area contributed by atoms with E-state index in [2.05, 4.69) is 4.98 Å². The van der Waals surface area contributed by atoms with Gasteiger partial charge in [-0.1, -0.05) is 0 Å². The van der Waals surface area contributed by atoms with Gasteiger partial charge in [0.15, 0.2) is 0 Å². The van der Waals surface area contributed by atoms with Crippen molar-refractivity contribution in [3.63, 3.8) is 0 Å². The number of nitrogens with two attached hydrogens (primary N) is 1. The van der Waals surface area contributed by atoms with E-state index < -0.39 is 5.60 Å². The van der Waals surface area contributed by atoms with Crippen molar-refractivity contribution in [3.8, 4) is 0 Å². The predicted molar refractivity (Wildman–Crippen MR) is 74.8 cm³/mol. The smallest absolute Gasteiger partial charge is 0.410 e. The van der Waals surface area contributed by atoms with E-state index in [1.165, 1.54) is 0 Å². The van der Waals surface area contributed by atoms with E-state index in [0.717, 1.165) is 5.56 Å². The van der Waals surface area contributed by atoms with Gasteiger partial charge >= 0.3 is 6.09 Å². The van der Waals surface area contributed by atoms with E-state index in [4.69, 9.17) is 10.5 Å². The van der Waals surface area contributed by atoms with Crippen molar-refractivity contribution >= 4 is 6.09 Å². The Morgan fingerprint density at radius 3 is 2.47 bits per heavy atom. The molecule has 0 saturated carbocycles. The number of pyridine rings is 1. The lowest BCUT2D eigenvalue weighted by atomic mass is 10.1. The summed E-state index contributed by atoms with van der Waals surface area (Å²) in [6.07, 6.45) is 3.80. The van der Waals surface area contributed by atoms with Gasteiger partial charge in [-0.25, -0.2) is 4.79 Å². The van der Waals surface area contributed by atoms with Crippen molar-refractivity contribution in [2.75, 3.05) is 13.6 Å². The largest absolute Gasteiger partial charge is 0.444 e. The molecule has 1 aromatic rings. The topological polar surface area (TPSA) is 68.5 Å². The summed E-state index contributed by atoms with van der Waals surface area (Å²) < 4.78 is 5.34. The zero-order chi connectivity index (χ0) is 14.5. The molecule has 0 aliphatic carbocycles. The standard InChI is InChI=1S/C14H23N3O2/c1-14(2,3)19-13(18)17(4)12(10-15)9-11-5-7-16-8-6-11/h5-8,12H,9-10,15H2,1-4H3. The molecule has 1 aromatic heterocycles. The molecule has 2 N–H and O–H groups in total. The molecule has 1 atom stereocenters. The number of aromatic nitrogens is 1. The maximum absolute atomic E-state index is 12.0. The minimum absolute atomic E-state index is 0.0859. The van der Waals surface area contributed by atoms with Crippen molar-refractivity contribution in [2.45, 2.75) is 38.8 Å². The fourth-order valence-electron chi connectivity index (χ4n) is 1.65. The van der Waals surface area contributed by atoms with Crippen LogP contribution < -0.4 is 5.73 Å². The third-order valence-electron chi connectivity index (χ3n) is 2.72. The Morgan fingerprint density at radius 1 is 1.42 bits per heavy atom. The van der Waals surface area contributed by atoms with Crippen LogP contribution in [0.25, 0.3) is 0 Å². The normalized spacial score (nSPS) is 12.9. The second-order valence-electron chi connectivity index (χ2n) is 5.54. The molecule has 0 bridgehead atoms. The summed E-state index contributed by atoms with van der Waals surface area (Å²) in [5, 5.41) is 0. The van der Waals surface area contributed by atoms with Crippen molar-refractivity contribution < 1.29 is 9.53 Å². The minimum Gasteiger partial charge on any atom is -0.444 e. The van der Waals surface area contributed by atoms with Gasteiger partial charge in [0.25, 0.3) is 0 Å². The Morgan fingerprint density at radius 2 is 2.00 bits per heavy atom. The molecular formula is C14H23N3O2. The molecule has 106 valence electrons. The minimum atomic E-state index is -0.499. The molecule has 19 heavy (non-hydrogen) atoms. The van der Waals surface area contributed by atoms with E-state index >= 15 is 0 Å². The average Bonchev–Trinajstić information content (AvgIpc) is 2.34. The molecule has 1 amide bonds. The van der Waals surface area contributed by atoms with Gasteiger partial charge in [0, 0.05) is 26.0 Å². The van der Waals surface area contributed by atoms with Crippen LogP contribution >= 0.6 is 0 Å². The molecule has 0 saturated heterocycles. The quantitative estimate of drug-likeness (QED) is 0.901. The van der Waals surface area contributed by atoms with Crippen molar-refractivity contribution in [2.24, 2.45) is 5.73 Å². The second-order valence-corrected chi connectivity index (χ2v) is 5.54. The summed E-state index contributed by atoms with van der Waals surface area (Å²) >= 11 is 0. The number of carbonyl (C=O) groups excluding carboxylic acids is 1. The Hall–Kier alpha value is -1.62.